The van der Waals surface area contributed by atoms with Gasteiger partial charge in [-0.15, -0.1) is 0 Å². The lowest BCUT2D eigenvalue weighted by Gasteiger charge is -2.31. The molecule has 15 heavy (non-hydrogen) atoms. The van der Waals surface area contributed by atoms with Crippen LogP contribution in [0, 0.1) is 23.2 Å². The molecule has 6 heteroatoms. The van der Waals surface area contributed by atoms with E-state index in [1.807, 2.05) is 0 Å². The molecule has 0 saturated carbocycles. The number of rotatable bonds is 0. The summed E-state index contributed by atoms with van der Waals surface area (Å²) >= 11 is 1.25. The van der Waals surface area contributed by atoms with Gasteiger partial charge in [0, 0.05) is 11.9 Å². The highest BCUT2D eigenvalue weighted by molar-refractivity contribution is 8.14. The third-order valence-electron chi connectivity index (χ3n) is 2.91. The maximum Gasteiger partial charge on any atom is 0.208 e. The maximum absolute atomic E-state index is 11.6. The van der Waals surface area contributed by atoms with Crippen LogP contribution in [0.1, 0.15) is 0 Å². The van der Waals surface area contributed by atoms with Gasteiger partial charge in [0.1, 0.15) is 11.3 Å². The number of aliphatic imine (C=N–C) groups is 2. The molecule has 0 bridgehead atoms. The van der Waals surface area contributed by atoms with E-state index in [0.29, 0.717) is 6.67 Å². The fourth-order valence-corrected chi connectivity index (χ4v) is 3.41. The van der Waals surface area contributed by atoms with Crippen LogP contribution in [0.25, 0.3) is 0 Å². The zero-order valence-electron chi connectivity index (χ0n) is 7.75. The van der Waals surface area contributed by atoms with Crippen molar-refractivity contribution in [2.45, 2.75) is 11.4 Å². The Labute approximate surface area is 90.7 Å². The first-order valence-electron chi connectivity index (χ1n) is 4.72. The second kappa shape index (κ2) is 3.15. The highest BCUT2D eigenvalue weighted by Crippen LogP contribution is 2.40. The summed E-state index contributed by atoms with van der Waals surface area (Å²) in [5.41, 5.74) is 0.833. The summed E-state index contributed by atoms with van der Waals surface area (Å²) in [7, 11) is 0. The Kier molecular flexibility index (Phi) is 1.90. The number of thioether (sulfide) groups is 1. The van der Waals surface area contributed by atoms with E-state index in [2.05, 4.69) is 21.4 Å². The van der Waals surface area contributed by atoms with Crippen molar-refractivity contribution in [3.63, 3.8) is 0 Å². The molecular formula is C9H8N4OS. The molecule has 3 aliphatic heterocycles. The lowest BCUT2D eigenvalue weighted by atomic mass is 9.85. The van der Waals surface area contributed by atoms with Crippen LogP contribution in [0.15, 0.2) is 9.98 Å². The van der Waals surface area contributed by atoms with Gasteiger partial charge in [0.05, 0.1) is 24.7 Å². The smallest absolute Gasteiger partial charge is 0.208 e. The van der Waals surface area contributed by atoms with E-state index in [1.54, 1.807) is 6.21 Å². The normalized spacial score (nSPS) is 42.1. The molecule has 1 saturated heterocycles. The minimum atomic E-state index is -0.345. The molecule has 0 aliphatic carbocycles. The van der Waals surface area contributed by atoms with Gasteiger partial charge in [-0.2, -0.15) is 5.26 Å². The average molecular weight is 220 g/mol. The number of hydrogen-bond acceptors (Lipinski definition) is 6. The van der Waals surface area contributed by atoms with E-state index in [0.717, 1.165) is 5.71 Å². The lowest BCUT2D eigenvalue weighted by molar-refractivity contribution is -0.112. The van der Waals surface area contributed by atoms with Crippen LogP contribution >= 0.6 is 11.8 Å². The topological polar surface area (TPSA) is 77.6 Å². The van der Waals surface area contributed by atoms with E-state index < -0.39 is 0 Å². The van der Waals surface area contributed by atoms with Gasteiger partial charge in [-0.1, -0.05) is 11.8 Å². The van der Waals surface area contributed by atoms with Gasteiger partial charge in [-0.3, -0.25) is 20.1 Å². The van der Waals surface area contributed by atoms with Gasteiger partial charge in [0.15, 0.2) is 0 Å². The quantitative estimate of drug-likeness (QED) is 0.613. The Bertz CT molecular complexity index is 424. The molecule has 4 unspecified atom stereocenters. The van der Waals surface area contributed by atoms with Crippen molar-refractivity contribution < 1.29 is 4.79 Å². The van der Waals surface area contributed by atoms with E-state index >= 15 is 0 Å². The van der Waals surface area contributed by atoms with E-state index in [4.69, 9.17) is 5.26 Å². The van der Waals surface area contributed by atoms with Crippen LogP contribution in [-0.2, 0) is 4.79 Å². The molecule has 1 fully saturated rings. The van der Waals surface area contributed by atoms with Crippen LogP contribution in [0.2, 0.25) is 0 Å². The molecule has 76 valence electrons. The fraction of sp³-hybridized carbons (Fsp3) is 0.556. The molecule has 1 N–H and O–H groups in total. The summed E-state index contributed by atoms with van der Waals surface area (Å²) in [6, 6.07) is 1.96. The van der Waals surface area contributed by atoms with E-state index in [9.17, 15) is 4.79 Å². The summed E-state index contributed by atoms with van der Waals surface area (Å²) in [5.74, 6) is -0.353. The molecule has 0 spiro atoms. The van der Waals surface area contributed by atoms with Crippen molar-refractivity contribution in [1.29, 1.82) is 5.26 Å². The molecular weight excluding hydrogens is 212 g/mol. The number of carbonyl (C=O) groups is 1. The van der Waals surface area contributed by atoms with Crippen LogP contribution in [0.4, 0.5) is 0 Å². The van der Waals surface area contributed by atoms with Crippen LogP contribution in [0.3, 0.4) is 0 Å². The Morgan fingerprint density at radius 1 is 1.67 bits per heavy atom. The van der Waals surface area contributed by atoms with Crippen molar-refractivity contribution in [2.24, 2.45) is 21.8 Å². The minimum absolute atomic E-state index is 0.00843. The molecule has 3 aliphatic rings. The van der Waals surface area contributed by atoms with Gasteiger partial charge < -0.3 is 0 Å². The number of nitrogens with zero attached hydrogens (tertiary/aromatic N) is 3. The Balaban J connectivity index is 2.07. The largest absolute Gasteiger partial charge is 0.287 e. The highest BCUT2D eigenvalue weighted by Gasteiger charge is 2.50. The first kappa shape index (κ1) is 9.07. The van der Waals surface area contributed by atoms with E-state index in [1.165, 1.54) is 11.8 Å². The summed E-state index contributed by atoms with van der Waals surface area (Å²) in [5, 5.41) is 12.1. The molecule has 3 heterocycles. The zero-order chi connectivity index (χ0) is 10.4. The molecule has 0 aromatic rings. The molecule has 3 rings (SSSR count). The second-order valence-electron chi connectivity index (χ2n) is 3.68. The van der Waals surface area contributed by atoms with Crippen molar-refractivity contribution in [2.75, 3.05) is 6.67 Å². The van der Waals surface area contributed by atoms with Gasteiger partial charge >= 0.3 is 0 Å². The molecule has 0 amide bonds. The molecule has 0 aromatic carbocycles. The SMILES string of the molecule is N#CC1C=NC2SC(=O)C3NCN=C1C23. The molecule has 0 aromatic heterocycles. The second-order valence-corrected chi connectivity index (χ2v) is 4.80. The lowest BCUT2D eigenvalue weighted by Crippen LogP contribution is -2.50. The minimum Gasteiger partial charge on any atom is -0.287 e. The summed E-state index contributed by atoms with van der Waals surface area (Å²) in [4.78, 5) is 20.2. The number of carbonyl (C=O) groups excluding carboxylic acids is 1. The van der Waals surface area contributed by atoms with Crippen molar-refractivity contribution >= 4 is 28.8 Å². The molecule has 5 nitrogen and oxygen atoms in total. The third-order valence-corrected chi connectivity index (χ3v) is 4.05. The van der Waals surface area contributed by atoms with Gasteiger partial charge in [0.2, 0.25) is 5.12 Å². The number of hydrogen-bond donors (Lipinski definition) is 1. The van der Waals surface area contributed by atoms with Gasteiger partial charge in [-0.05, 0) is 0 Å². The Morgan fingerprint density at radius 2 is 2.53 bits per heavy atom. The fourth-order valence-electron chi connectivity index (χ4n) is 2.22. The monoisotopic (exact) mass is 220 g/mol. The summed E-state index contributed by atoms with van der Waals surface area (Å²) in [6.07, 6.45) is 1.62. The van der Waals surface area contributed by atoms with Crippen molar-refractivity contribution in [3.05, 3.63) is 0 Å². The Hall–Kier alpha value is -1.19. The van der Waals surface area contributed by atoms with Gasteiger partial charge in [0.25, 0.3) is 0 Å². The Morgan fingerprint density at radius 3 is 3.33 bits per heavy atom. The first-order chi connectivity index (χ1) is 7.31. The summed E-state index contributed by atoms with van der Waals surface area (Å²) < 4.78 is 0. The molecule has 0 radical (unpaired) electrons. The van der Waals surface area contributed by atoms with E-state index in [-0.39, 0.29) is 28.4 Å². The zero-order valence-corrected chi connectivity index (χ0v) is 8.57. The van der Waals surface area contributed by atoms with Crippen molar-refractivity contribution in [3.8, 4) is 6.07 Å². The predicted molar refractivity (Wildman–Crippen MR) is 56.7 cm³/mol. The van der Waals surface area contributed by atoms with Crippen LogP contribution < -0.4 is 5.32 Å². The van der Waals surface area contributed by atoms with Crippen LogP contribution in [0.5, 0.6) is 0 Å². The first-order valence-corrected chi connectivity index (χ1v) is 5.60. The average Bonchev–Trinajstić information content (AvgIpc) is 2.59. The maximum atomic E-state index is 11.6. The standard InChI is InChI=1S/C9H8N4OS/c10-1-4-2-11-8-5-6(4)12-3-13-7(5)9(14)15-8/h2,4-5,7-8,13H,3H2. The predicted octanol–water partition coefficient (Wildman–Crippen LogP) is -0.203. The summed E-state index contributed by atoms with van der Waals surface area (Å²) in [6.45, 7) is 0.432. The van der Waals surface area contributed by atoms with Crippen LogP contribution in [-0.4, -0.2) is 35.1 Å². The third kappa shape index (κ3) is 1.17. The molecule has 4 atom stereocenters. The highest BCUT2D eigenvalue weighted by atomic mass is 32.2. The number of nitrogens with one attached hydrogen (secondary N) is 1. The van der Waals surface area contributed by atoms with Crippen molar-refractivity contribution in [1.82, 2.24) is 5.32 Å². The number of nitriles is 1. The van der Waals surface area contributed by atoms with Gasteiger partial charge in [-0.25, -0.2) is 0 Å².